The summed E-state index contributed by atoms with van der Waals surface area (Å²) in [6.45, 7) is 8.03. The smallest absolute Gasteiger partial charge is 0.166 e. The SMILES string of the molecule is C=C(C)C1CC(=O)C(C)C(C2CCc3cc(OC)ccc3C2=O)C1. The topological polar surface area (TPSA) is 43.4 Å². The molecule has 1 fully saturated rings. The first-order valence-electron chi connectivity index (χ1n) is 8.81. The summed E-state index contributed by atoms with van der Waals surface area (Å²) in [6.07, 6.45) is 3.19. The highest BCUT2D eigenvalue weighted by atomic mass is 16.5. The molecule has 128 valence electrons. The minimum Gasteiger partial charge on any atom is -0.497 e. The monoisotopic (exact) mass is 326 g/mol. The second kappa shape index (κ2) is 6.54. The summed E-state index contributed by atoms with van der Waals surface area (Å²) in [6, 6.07) is 5.70. The van der Waals surface area contributed by atoms with Gasteiger partial charge in [0.2, 0.25) is 0 Å². The number of allylic oxidation sites excluding steroid dienone is 1. The van der Waals surface area contributed by atoms with E-state index in [0.29, 0.717) is 6.42 Å². The van der Waals surface area contributed by atoms with Crippen LogP contribution in [-0.4, -0.2) is 18.7 Å². The van der Waals surface area contributed by atoms with E-state index in [1.165, 1.54) is 0 Å². The molecule has 0 radical (unpaired) electrons. The average molecular weight is 326 g/mol. The largest absolute Gasteiger partial charge is 0.497 e. The maximum Gasteiger partial charge on any atom is 0.166 e. The molecular weight excluding hydrogens is 300 g/mol. The molecule has 0 saturated heterocycles. The predicted molar refractivity (Wildman–Crippen MR) is 94.3 cm³/mol. The first-order valence-corrected chi connectivity index (χ1v) is 8.81. The normalized spacial score (nSPS) is 30.0. The van der Waals surface area contributed by atoms with Gasteiger partial charge in [0.05, 0.1) is 7.11 Å². The number of ether oxygens (including phenoxy) is 1. The lowest BCUT2D eigenvalue weighted by molar-refractivity contribution is -0.128. The summed E-state index contributed by atoms with van der Waals surface area (Å²) in [4.78, 5) is 25.5. The van der Waals surface area contributed by atoms with E-state index in [1.807, 2.05) is 32.0 Å². The van der Waals surface area contributed by atoms with E-state index in [4.69, 9.17) is 4.74 Å². The van der Waals surface area contributed by atoms with Gasteiger partial charge < -0.3 is 4.74 Å². The van der Waals surface area contributed by atoms with Crippen LogP contribution in [0.2, 0.25) is 0 Å². The summed E-state index contributed by atoms with van der Waals surface area (Å²) in [5, 5.41) is 0. The lowest BCUT2D eigenvalue weighted by Crippen LogP contribution is -2.40. The Balaban J connectivity index is 1.87. The Kier molecular flexibility index (Phi) is 4.62. The summed E-state index contributed by atoms with van der Waals surface area (Å²) >= 11 is 0. The van der Waals surface area contributed by atoms with Crippen molar-refractivity contribution >= 4 is 11.6 Å². The molecule has 0 N–H and O–H groups in total. The van der Waals surface area contributed by atoms with Crippen molar-refractivity contribution in [2.24, 2.45) is 23.7 Å². The lowest BCUT2D eigenvalue weighted by atomic mass is 9.63. The first-order chi connectivity index (χ1) is 11.4. The standard InChI is InChI=1S/C21H26O3/c1-12(2)15-10-19(13(3)20(22)11-15)18-7-5-14-9-16(24-4)6-8-17(14)21(18)23/h6,8-9,13,15,18-19H,1,5,7,10-11H2,2-4H3. The minimum atomic E-state index is -0.0491. The van der Waals surface area contributed by atoms with Gasteiger partial charge in [-0.1, -0.05) is 19.1 Å². The highest BCUT2D eigenvalue weighted by Crippen LogP contribution is 2.43. The Labute approximate surface area is 144 Å². The van der Waals surface area contributed by atoms with E-state index in [2.05, 4.69) is 6.58 Å². The van der Waals surface area contributed by atoms with Crippen molar-refractivity contribution in [2.75, 3.05) is 7.11 Å². The van der Waals surface area contributed by atoms with Crippen molar-refractivity contribution < 1.29 is 14.3 Å². The molecule has 3 rings (SSSR count). The van der Waals surface area contributed by atoms with E-state index in [-0.39, 0.29) is 35.2 Å². The quantitative estimate of drug-likeness (QED) is 0.780. The van der Waals surface area contributed by atoms with Crippen molar-refractivity contribution in [3.05, 3.63) is 41.5 Å². The molecule has 0 amide bonds. The van der Waals surface area contributed by atoms with Crippen molar-refractivity contribution in [2.45, 2.75) is 39.5 Å². The van der Waals surface area contributed by atoms with Crippen molar-refractivity contribution in [3.8, 4) is 5.75 Å². The zero-order valence-corrected chi connectivity index (χ0v) is 14.8. The number of ketones is 2. The van der Waals surface area contributed by atoms with Gasteiger partial charge in [-0.05, 0) is 61.8 Å². The van der Waals surface area contributed by atoms with Gasteiger partial charge in [0.25, 0.3) is 0 Å². The van der Waals surface area contributed by atoms with E-state index in [0.717, 1.165) is 41.7 Å². The summed E-state index contributed by atoms with van der Waals surface area (Å²) < 4.78 is 5.26. The molecule has 3 nitrogen and oxygen atoms in total. The Morgan fingerprint density at radius 1 is 1.29 bits per heavy atom. The number of rotatable bonds is 3. The van der Waals surface area contributed by atoms with Crippen molar-refractivity contribution in [1.29, 1.82) is 0 Å². The number of carbonyl (C=O) groups excluding carboxylic acids is 2. The molecule has 0 bridgehead atoms. The average Bonchev–Trinajstić information content (AvgIpc) is 2.57. The summed E-state index contributed by atoms with van der Waals surface area (Å²) in [5.41, 5.74) is 2.94. The molecule has 4 unspecified atom stereocenters. The van der Waals surface area contributed by atoms with E-state index in [1.54, 1.807) is 7.11 Å². The fourth-order valence-electron chi connectivity index (χ4n) is 4.37. The zero-order chi connectivity index (χ0) is 17.4. The molecule has 4 atom stereocenters. The number of hydrogen-bond acceptors (Lipinski definition) is 3. The van der Waals surface area contributed by atoms with Crippen LogP contribution in [0.25, 0.3) is 0 Å². The molecule has 3 heteroatoms. The van der Waals surface area contributed by atoms with Crippen LogP contribution in [0.5, 0.6) is 5.75 Å². The predicted octanol–water partition coefficient (Wildman–Crippen LogP) is 4.25. The molecule has 1 aromatic carbocycles. The van der Waals surface area contributed by atoms with E-state index < -0.39 is 0 Å². The molecular formula is C21H26O3. The third-order valence-electron chi connectivity index (χ3n) is 6.01. The second-order valence-electron chi connectivity index (χ2n) is 7.43. The van der Waals surface area contributed by atoms with Crippen molar-refractivity contribution in [3.63, 3.8) is 0 Å². The molecule has 0 aromatic heterocycles. The third-order valence-corrected chi connectivity index (χ3v) is 6.01. The molecule has 2 aliphatic carbocycles. The van der Waals surface area contributed by atoms with Crippen molar-refractivity contribution in [1.82, 2.24) is 0 Å². The van der Waals surface area contributed by atoms with Crippen LogP contribution in [0, 0.1) is 23.7 Å². The van der Waals surface area contributed by atoms with Crippen LogP contribution in [0.3, 0.4) is 0 Å². The van der Waals surface area contributed by atoms with Gasteiger partial charge in [0, 0.05) is 23.8 Å². The highest BCUT2D eigenvalue weighted by Gasteiger charge is 2.42. The first kappa shape index (κ1) is 16.9. The maximum absolute atomic E-state index is 13.1. The van der Waals surface area contributed by atoms with Gasteiger partial charge in [-0.2, -0.15) is 0 Å². The molecule has 0 aliphatic heterocycles. The second-order valence-corrected chi connectivity index (χ2v) is 7.43. The fraction of sp³-hybridized carbons (Fsp3) is 0.524. The highest BCUT2D eigenvalue weighted by molar-refractivity contribution is 6.01. The maximum atomic E-state index is 13.1. The number of hydrogen-bond donors (Lipinski definition) is 0. The van der Waals surface area contributed by atoms with Crippen LogP contribution in [0.1, 0.15) is 49.0 Å². The van der Waals surface area contributed by atoms with Gasteiger partial charge in [-0.15, -0.1) is 0 Å². The number of Topliss-reactive ketones (excluding diaryl/α,β-unsaturated/α-hetero) is 2. The summed E-state index contributed by atoms with van der Waals surface area (Å²) in [5.74, 6) is 1.56. The van der Waals surface area contributed by atoms with Crippen LogP contribution in [-0.2, 0) is 11.2 Å². The van der Waals surface area contributed by atoms with Gasteiger partial charge in [-0.3, -0.25) is 9.59 Å². The van der Waals surface area contributed by atoms with Gasteiger partial charge in [0.15, 0.2) is 5.78 Å². The Bertz CT molecular complexity index is 688. The Morgan fingerprint density at radius 2 is 2.04 bits per heavy atom. The van der Waals surface area contributed by atoms with Gasteiger partial charge in [0.1, 0.15) is 11.5 Å². The number of benzene rings is 1. The third kappa shape index (κ3) is 2.92. The number of aryl methyl sites for hydroxylation is 1. The molecule has 24 heavy (non-hydrogen) atoms. The molecule has 1 saturated carbocycles. The fourth-order valence-corrected chi connectivity index (χ4v) is 4.37. The van der Waals surface area contributed by atoms with Gasteiger partial charge >= 0.3 is 0 Å². The number of methoxy groups -OCH3 is 1. The Hall–Kier alpha value is -1.90. The Morgan fingerprint density at radius 3 is 2.71 bits per heavy atom. The van der Waals surface area contributed by atoms with Gasteiger partial charge in [-0.25, -0.2) is 0 Å². The van der Waals surface area contributed by atoms with E-state index in [9.17, 15) is 9.59 Å². The van der Waals surface area contributed by atoms with Crippen LogP contribution >= 0.6 is 0 Å². The zero-order valence-electron chi connectivity index (χ0n) is 14.8. The van der Waals surface area contributed by atoms with E-state index >= 15 is 0 Å². The number of carbonyl (C=O) groups is 2. The van der Waals surface area contributed by atoms with Crippen LogP contribution in [0.4, 0.5) is 0 Å². The van der Waals surface area contributed by atoms with Crippen LogP contribution in [0.15, 0.2) is 30.4 Å². The molecule has 0 heterocycles. The van der Waals surface area contributed by atoms with Crippen LogP contribution < -0.4 is 4.74 Å². The lowest BCUT2D eigenvalue weighted by Gasteiger charge is -2.39. The molecule has 1 aromatic rings. The number of fused-ring (bicyclic) bond motifs is 1. The summed E-state index contributed by atoms with van der Waals surface area (Å²) in [7, 11) is 1.64. The molecule has 2 aliphatic rings. The minimum absolute atomic E-state index is 0.0330. The molecule has 0 spiro atoms.